The van der Waals surface area contributed by atoms with Crippen LogP contribution < -0.4 is 5.63 Å². The van der Waals surface area contributed by atoms with Crippen LogP contribution in [0.3, 0.4) is 0 Å². The summed E-state index contributed by atoms with van der Waals surface area (Å²) < 4.78 is 5.58. The van der Waals surface area contributed by atoms with E-state index < -0.39 is 0 Å². The predicted molar refractivity (Wildman–Crippen MR) is 96.5 cm³/mol. The Labute approximate surface area is 145 Å². The maximum absolute atomic E-state index is 12.3. The monoisotopic (exact) mass is 342 g/mol. The van der Waals surface area contributed by atoms with Gasteiger partial charge in [0.15, 0.2) is 0 Å². The van der Waals surface area contributed by atoms with Crippen LogP contribution in [0.2, 0.25) is 5.02 Å². The molecule has 5 heteroatoms. The molecule has 1 heterocycles. The number of nitrogens with zero attached hydrogens (tertiary/aromatic N) is 2. The summed E-state index contributed by atoms with van der Waals surface area (Å²) in [5.74, 6) is 0.407. The number of para-hydroxylation sites is 1. The maximum Gasteiger partial charge on any atom is 0.346 e. The summed E-state index contributed by atoms with van der Waals surface area (Å²) in [7, 11) is 0. The van der Waals surface area contributed by atoms with Crippen molar-refractivity contribution in [1.82, 2.24) is 9.88 Å². The molecule has 1 aromatic heterocycles. The summed E-state index contributed by atoms with van der Waals surface area (Å²) in [6.45, 7) is 5.77. The first-order valence-corrected chi connectivity index (χ1v) is 8.41. The van der Waals surface area contributed by atoms with Crippen molar-refractivity contribution in [2.75, 3.05) is 13.1 Å². The molecule has 0 spiro atoms. The molecule has 4 nitrogen and oxygen atoms in total. The van der Waals surface area contributed by atoms with Crippen LogP contribution in [0, 0.1) is 0 Å². The fourth-order valence-corrected chi connectivity index (χ4v) is 3.02. The average molecular weight is 343 g/mol. The highest BCUT2D eigenvalue weighted by molar-refractivity contribution is 6.30. The van der Waals surface area contributed by atoms with Crippen LogP contribution in [-0.2, 0) is 0 Å². The second kappa shape index (κ2) is 7.16. The zero-order valence-electron chi connectivity index (χ0n) is 13.7. The highest BCUT2D eigenvalue weighted by Crippen LogP contribution is 2.28. The summed E-state index contributed by atoms with van der Waals surface area (Å²) in [6, 6.07) is 14.6. The Balaban J connectivity index is 2.18. The van der Waals surface area contributed by atoms with Gasteiger partial charge in [0, 0.05) is 5.02 Å². The molecule has 0 aliphatic heterocycles. The van der Waals surface area contributed by atoms with Crippen LogP contribution in [0.25, 0.3) is 10.9 Å². The van der Waals surface area contributed by atoms with E-state index in [1.54, 1.807) is 6.07 Å². The third-order valence-electron chi connectivity index (χ3n) is 4.15. The first-order chi connectivity index (χ1) is 11.6. The van der Waals surface area contributed by atoms with Gasteiger partial charge in [0.05, 0.1) is 10.9 Å². The minimum Gasteiger partial charge on any atom is -0.406 e. The molecule has 0 amide bonds. The van der Waals surface area contributed by atoms with E-state index in [1.165, 1.54) is 0 Å². The molecule has 0 saturated carbocycles. The summed E-state index contributed by atoms with van der Waals surface area (Å²) in [5.41, 5.74) is 1.28. The Morgan fingerprint density at radius 3 is 2.42 bits per heavy atom. The van der Waals surface area contributed by atoms with Gasteiger partial charge in [-0.15, -0.1) is 0 Å². The summed E-state index contributed by atoms with van der Waals surface area (Å²) in [4.78, 5) is 19.2. The molecule has 1 unspecified atom stereocenters. The Kier molecular flexibility index (Phi) is 4.97. The Hall–Kier alpha value is -2.17. The molecule has 0 aliphatic carbocycles. The van der Waals surface area contributed by atoms with Gasteiger partial charge in [-0.25, -0.2) is 9.78 Å². The van der Waals surface area contributed by atoms with Gasteiger partial charge < -0.3 is 4.42 Å². The first kappa shape index (κ1) is 16.7. The number of hydrogen-bond acceptors (Lipinski definition) is 4. The molecule has 3 aromatic rings. The van der Waals surface area contributed by atoms with Crippen molar-refractivity contribution in [3.05, 3.63) is 75.4 Å². The molecule has 124 valence electrons. The predicted octanol–water partition coefficient (Wildman–Crippen LogP) is 4.27. The van der Waals surface area contributed by atoms with Crippen molar-refractivity contribution in [3.8, 4) is 0 Å². The maximum atomic E-state index is 12.3. The third-order valence-corrected chi connectivity index (χ3v) is 4.40. The van der Waals surface area contributed by atoms with E-state index in [-0.39, 0.29) is 11.7 Å². The van der Waals surface area contributed by atoms with Crippen LogP contribution in [0.4, 0.5) is 0 Å². The van der Waals surface area contributed by atoms with Crippen LogP contribution >= 0.6 is 11.6 Å². The highest BCUT2D eigenvalue weighted by atomic mass is 35.5. The molecule has 0 radical (unpaired) electrons. The van der Waals surface area contributed by atoms with Crippen LogP contribution in [-0.4, -0.2) is 23.0 Å². The fourth-order valence-electron chi connectivity index (χ4n) is 2.90. The van der Waals surface area contributed by atoms with Crippen LogP contribution in [0.15, 0.2) is 57.7 Å². The average Bonchev–Trinajstić information content (AvgIpc) is 2.60. The lowest BCUT2D eigenvalue weighted by molar-refractivity contribution is 0.211. The second-order valence-electron chi connectivity index (χ2n) is 5.53. The number of aromatic nitrogens is 1. The van der Waals surface area contributed by atoms with Crippen molar-refractivity contribution in [2.45, 2.75) is 19.9 Å². The summed E-state index contributed by atoms with van der Waals surface area (Å²) >= 11 is 6.01. The van der Waals surface area contributed by atoms with E-state index in [9.17, 15) is 4.79 Å². The van der Waals surface area contributed by atoms with Gasteiger partial charge >= 0.3 is 5.63 Å². The Morgan fingerprint density at radius 2 is 1.75 bits per heavy atom. The lowest BCUT2D eigenvalue weighted by Crippen LogP contribution is -2.30. The molecular formula is C19H19ClN2O2. The van der Waals surface area contributed by atoms with E-state index >= 15 is 0 Å². The quantitative estimate of drug-likeness (QED) is 0.694. The Morgan fingerprint density at radius 1 is 1.08 bits per heavy atom. The molecule has 0 bridgehead atoms. The van der Waals surface area contributed by atoms with E-state index in [1.807, 2.05) is 42.5 Å². The van der Waals surface area contributed by atoms with E-state index in [2.05, 4.69) is 23.7 Å². The van der Waals surface area contributed by atoms with Crippen LogP contribution in [0.1, 0.15) is 31.3 Å². The van der Waals surface area contributed by atoms with Crippen molar-refractivity contribution < 1.29 is 4.42 Å². The molecule has 0 aliphatic rings. The van der Waals surface area contributed by atoms with Gasteiger partial charge in [0.2, 0.25) is 5.89 Å². The zero-order chi connectivity index (χ0) is 17.1. The minimum atomic E-state index is -0.360. The van der Waals surface area contributed by atoms with Crippen molar-refractivity contribution in [3.63, 3.8) is 0 Å². The number of hydrogen-bond donors (Lipinski definition) is 0. The zero-order valence-corrected chi connectivity index (χ0v) is 14.5. The number of rotatable bonds is 5. The second-order valence-corrected chi connectivity index (χ2v) is 5.97. The van der Waals surface area contributed by atoms with Gasteiger partial charge in [-0.1, -0.05) is 49.7 Å². The van der Waals surface area contributed by atoms with Crippen molar-refractivity contribution in [2.24, 2.45) is 0 Å². The number of benzene rings is 2. The molecule has 0 saturated heterocycles. The molecule has 24 heavy (non-hydrogen) atoms. The van der Waals surface area contributed by atoms with Crippen molar-refractivity contribution in [1.29, 1.82) is 0 Å². The number of fused-ring (bicyclic) bond motifs is 1. The summed E-state index contributed by atoms with van der Waals surface area (Å²) in [5, 5.41) is 1.17. The van der Waals surface area contributed by atoms with Gasteiger partial charge in [-0.3, -0.25) is 4.90 Å². The minimum absolute atomic E-state index is 0.227. The molecule has 0 N–H and O–H groups in total. The molecule has 1 atom stereocenters. The first-order valence-electron chi connectivity index (χ1n) is 8.03. The fraction of sp³-hybridized carbons (Fsp3) is 0.263. The van der Waals surface area contributed by atoms with E-state index in [4.69, 9.17) is 16.0 Å². The van der Waals surface area contributed by atoms with Gasteiger partial charge in [0.25, 0.3) is 0 Å². The van der Waals surface area contributed by atoms with Crippen LogP contribution in [0.5, 0.6) is 0 Å². The van der Waals surface area contributed by atoms with Gasteiger partial charge in [-0.05, 0) is 42.9 Å². The molecule has 0 fully saturated rings. The Bertz CT molecular complexity index is 886. The lowest BCUT2D eigenvalue weighted by Gasteiger charge is -2.28. The lowest BCUT2D eigenvalue weighted by atomic mass is 10.0. The number of halogens is 1. The molecule has 2 aromatic carbocycles. The topological polar surface area (TPSA) is 46.3 Å². The van der Waals surface area contributed by atoms with Gasteiger partial charge in [-0.2, -0.15) is 0 Å². The highest BCUT2D eigenvalue weighted by Gasteiger charge is 2.25. The summed E-state index contributed by atoms with van der Waals surface area (Å²) in [6.07, 6.45) is 0. The molecule has 3 rings (SSSR count). The normalized spacial score (nSPS) is 12.7. The molecular weight excluding hydrogens is 324 g/mol. The SMILES string of the molecule is CCN(CC)C(c1ccc(Cl)cc1)c1nc2ccccc2c(=O)o1. The standard InChI is InChI=1S/C19H19ClN2O2/c1-3-22(4-2)17(13-9-11-14(20)12-10-13)18-21-16-8-6-5-7-15(16)19(23)24-18/h5-12,17H,3-4H2,1-2H3. The van der Waals surface area contributed by atoms with E-state index in [0.717, 1.165) is 18.7 Å². The largest absolute Gasteiger partial charge is 0.406 e. The smallest absolute Gasteiger partial charge is 0.346 e. The van der Waals surface area contributed by atoms with Gasteiger partial charge in [0.1, 0.15) is 6.04 Å². The van der Waals surface area contributed by atoms with Crippen molar-refractivity contribution >= 4 is 22.5 Å². The third kappa shape index (κ3) is 3.21. The van der Waals surface area contributed by atoms with E-state index in [0.29, 0.717) is 21.8 Å².